The van der Waals surface area contributed by atoms with Crippen LogP contribution in [0.3, 0.4) is 0 Å². The van der Waals surface area contributed by atoms with E-state index in [1.165, 1.54) is 0 Å². The molecule has 0 aromatic heterocycles. The fourth-order valence-electron chi connectivity index (χ4n) is 1.76. The standard InChI is InChI=1S/C14H11O4P/c15-19(16)17-13-7-3-11(4-8-13)1-2-12-5-9-14(18-19)10-6-12/h1-10H,(H,15,16). The fraction of sp³-hybridized carbons (Fsp3) is 0. The van der Waals surface area contributed by atoms with Crippen LogP contribution in [0.2, 0.25) is 0 Å². The van der Waals surface area contributed by atoms with Gasteiger partial charge in [-0.05, 0) is 35.4 Å². The van der Waals surface area contributed by atoms with Crippen molar-refractivity contribution < 1.29 is 18.5 Å². The summed E-state index contributed by atoms with van der Waals surface area (Å²) in [5, 5.41) is 0. The van der Waals surface area contributed by atoms with Crippen molar-refractivity contribution in [3.8, 4) is 11.5 Å². The van der Waals surface area contributed by atoms with Crippen LogP contribution in [0, 0.1) is 0 Å². The zero-order valence-corrected chi connectivity index (χ0v) is 10.8. The number of phosphoric acid groups is 1. The summed E-state index contributed by atoms with van der Waals surface area (Å²) in [5.41, 5.74) is 1.95. The second kappa shape index (κ2) is 4.57. The molecule has 19 heavy (non-hydrogen) atoms. The lowest BCUT2D eigenvalue weighted by molar-refractivity contribution is 0.291. The van der Waals surface area contributed by atoms with Gasteiger partial charge < -0.3 is 9.05 Å². The molecule has 2 aromatic rings. The van der Waals surface area contributed by atoms with Crippen LogP contribution in [-0.4, -0.2) is 4.89 Å². The van der Waals surface area contributed by atoms with Crippen LogP contribution in [0.5, 0.6) is 11.5 Å². The summed E-state index contributed by atoms with van der Waals surface area (Å²) in [7, 11) is -4.17. The number of rotatable bonds is 0. The SMILES string of the molecule is O=P1(O)Oc2ccc(cc2)C=Cc2ccc(cc2)O1. The molecule has 4 aliphatic rings. The summed E-state index contributed by atoms with van der Waals surface area (Å²) in [4.78, 5) is 9.67. The van der Waals surface area contributed by atoms with E-state index in [9.17, 15) is 9.46 Å². The summed E-state index contributed by atoms with van der Waals surface area (Å²) in [5.74, 6) is 0.580. The Bertz CT molecular complexity index is 603. The Morgan fingerprint density at radius 3 is 1.47 bits per heavy atom. The van der Waals surface area contributed by atoms with Crippen LogP contribution in [0.25, 0.3) is 12.2 Å². The average Bonchev–Trinajstić information content (AvgIpc) is 2.40. The largest absolute Gasteiger partial charge is 0.584 e. The topological polar surface area (TPSA) is 55.8 Å². The van der Waals surface area contributed by atoms with E-state index in [0.29, 0.717) is 0 Å². The van der Waals surface area contributed by atoms with Crippen LogP contribution in [0.1, 0.15) is 11.1 Å². The van der Waals surface area contributed by atoms with Gasteiger partial charge in [-0.3, -0.25) is 4.89 Å². The molecule has 4 nitrogen and oxygen atoms in total. The molecule has 96 valence electrons. The van der Waals surface area contributed by atoms with Gasteiger partial charge in [0, 0.05) is 0 Å². The molecule has 4 bridgehead atoms. The van der Waals surface area contributed by atoms with Gasteiger partial charge in [-0.25, -0.2) is 4.57 Å². The van der Waals surface area contributed by atoms with Gasteiger partial charge in [0.25, 0.3) is 0 Å². The highest BCUT2D eigenvalue weighted by atomic mass is 31.2. The van der Waals surface area contributed by atoms with Crippen LogP contribution in [-0.2, 0) is 4.57 Å². The lowest BCUT2D eigenvalue weighted by Gasteiger charge is -2.13. The Kier molecular flexibility index (Phi) is 2.90. The van der Waals surface area contributed by atoms with E-state index in [0.717, 1.165) is 11.1 Å². The third-order valence-corrected chi connectivity index (χ3v) is 3.55. The first-order chi connectivity index (χ1) is 9.11. The summed E-state index contributed by atoms with van der Waals surface area (Å²) in [6.07, 6.45) is 3.91. The minimum Gasteiger partial charge on any atom is -0.395 e. The molecule has 0 fully saturated rings. The maximum absolute atomic E-state index is 11.8. The Balaban J connectivity index is 2.10. The number of phosphoric ester groups is 1. The molecule has 2 aromatic carbocycles. The molecule has 0 aliphatic carbocycles. The van der Waals surface area contributed by atoms with Crippen molar-refractivity contribution in [3.05, 3.63) is 59.7 Å². The van der Waals surface area contributed by atoms with Gasteiger partial charge in [-0.1, -0.05) is 36.4 Å². The highest BCUT2D eigenvalue weighted by Crippen LogP contribution is 2.44. The maximum Gasteiger partial charge on any atom is 0.584 e. The molecule has 0 saturated heterocycles. The molecule has 0 atom stereocenters. The molecule has 6 rings (SSSR count). The molecule has 1 N–H and O–H groups in total. The average molecular weight is 274 g/mol. The van der Waals surface area contributed by atoms with E-state index in [4.69, 9.17) is 9.05 Å². The van der Waals surface area contributed by atoms with Crippen molar-refractivity contribution >= 4 is 20.0 Å². The second-order valence-electron chi connectivity index (χ2n) is 4.12. The molecule has 4 heterocycles. The van der Waals surface area contributed by atoms with Crippen molar-refractivity contribution in [1.29, 1.82) is 0 Å². The number of hydrogen-bond donors (Lipinski definition) is 1. The monoisotopic (exact) mass is 274 g/mol. The summed E-state index contributed by atoms with van der Waals surface area (Å²) >= 11 is 0. The van der Waals surface area contributed by atoms with Crippen molar-refractivity contribution in [2.75, 3.05) is 0 Å². The first-order valence-corrected chi connectivity index (χ1v) is 7.20. The van der Waals surface area contributed by atoms with Crippen molar-refractivity contribution in [2.24, 2.45) is 0 Å². The van der Waals surface area contributed by atoms with Crippen molar-refractivity contribution in [2.45, 2.75) is 0 Å². The summed E-state index contributed by atoms with van der Waals surface area (Å²) < 4.78 is 21.8. The molecule has 4 aliphatic heterocycles. The van der Waals surface area contributed by atoms with Gasteiger partial charge in [0.05, 0.1) is 0 Å². The predicted molar refractivity (Wildman–Crippen MR) is 72.9 cm³/mol. The van der Waals surface area contributed by atoms with E-state index in [-0.39, 0.29) is 11.5 Å². The molecule has 0 spiro atoms. The van der Waals surface area contributed by atoms with E-state index in [1.54, 1.807) is 48.5 Å². The summed E-state index contributed by atoms with van der Waals surface area (Å²) in [6, 6.07) is 13.7. The summed E-state index contributed by atoms with van der Waals surface area (Å²) in [6.45, 7) is 0. The Hall–Kier alpha value is -2.03. The van der Waals surface area contributed by atoms with E-state index in [2.05, 4.69) is 0 Å². The predicted octanol–water partition coefficient (Wildman–Crippen LogP) is 3.73. The first kappa shape index (κ1) is 12.0. The van der Waals surface area contributed by atoms with Gasteiger partial charge in [-0.15, -0.1) is 0 Å². The van der Waals surface area contributed by atoms with Gasteiger partial charge >= 0.3 is 7.82 Å². The zero-order valence-electron chi connectivity index (χ0n) is 9.89. The molecule has 0 unspecified atom stereocenters. The molecule has 0 amide bonds. The third-order valence-electron chi connectivity index (χ3n) is 2.67. The molecule has 0 saturated carbocycles. The van der Waals surface area contributed by atoms with Crippen LogP contribution >= 0.6 is 7.82 Å². The molecule has 0 radical (unpaired) electrons. The van der Waals surface area contributed by atoms with E-state index in [1.807, 2.05) is 12.2 Å². The van der Waals surface area contributed by atoms with Crippen LogP contribution < -0.4 is 9.05 Å². The molecule has 5 heteroatoms. The Morgan fingerprint density at radius 2 is 1.11 bits per heavy atom. The Morgan fingerprint density at radius 1 is 0.737 bits per heavy atom. The van der Waals surface area contributed by atoms with E-state index >= 15 is 0 Å². The van der Waals surface area contributed by atoms with Gasteiger partial charge in [-0.2, -0.15) is 0 Å². The van der Waals surface area contributed by atoms with Crippen molar-refractivity contribution in [3.63, 3.8) is 0 Å². The zero-order chi connectivity index (χ0) is 13.3. The lowest BCUT2D eigenvalue weighted by atomic mass is 10.1. The smallest absolute Gasteiger partial charge is 0.395 e. The fourth-order valence-corrected chi connectivity index (χ4v) is 2.57. The molecular formula is C14H11O4P. The van der Waals surface area contributed by atoms with Crippen LogP contribution in [0.15, 0.2) is 48.5 Å². The minimum absolute atomic E-state index is 0.290. The number of hydrogen-bond acceptors (Lipinski definition) is 3. The normalized spacial score (nSPS) is 15.8. The van der Waals surface area contributed by atoms with Gasteiger partial charge in [0.1, 0.15) is 11.5 Å². The first-order valence-electron chi connectivity index (χ1n) is 5.71. The van der Waals surface area contributed by atoms with Crippen molar-refractivity contribution in [1.82, 2.24) is 0 Å². The molecular weight excluding hydrogens is 263 g/mol. The lowest BCUT2D eigenvalue weighted by Crippen LogP contribution is -1.99. The van der Waals surface area contributed by atoms with E-state index < -0.39 is 7.82 Å². The highest BCUT2D eigenvalue weighted by molar-refractivity contribution is 7.48. The maximum atomic E-state index is 11.8. The second-order valence-corrected chi connectivity index (χ2v) is 5.42. The van der Waals surface area contributed by atoms with Gasteiger partial charge in [0.15, 0.2) is 0 Å². The number of benzene rings is 2. The Labute approximate surface area is 110 Å². The third kappa shape index (κ3) is 2.87. The van der Waals surface area contributed by atoms with Crippen LogP contribution in [0.4, 0.5) is 0 Å². The highest BCUT2D eigenvalue weighted by Gasteiger charge is 2.25. The minimum atomic E-state index is -4.17. The quantitative estimate of drug-likeness (QED) is 0.744. The van der Waals surface area contributed by atoms with Gasteiger partial charge in [0.2, 0.25) is 0 Å².